The first-order valence-corrected chi connectivity index (χ1v) is 11.5. The van der Waals surface area contributed by atoms with Crippen LogP contribution < -0.4 is 10.1 Å². The third kappa shape index (κ3) is 5.99. The van der Waals surface area contributed by atoms with Gasteiger partial charge in [-0.3, -0.25) is 14.6 Å². The molecule has 1 aromatic carbocycles. The molecule has 0 unspecified atom stereocenters. The minimum absolute atomic E-state index is 0.0418. The van der Waals surface area contributed by atoms with Gasteiger partial charge in [-0.15, -0.1) is 11.3 Å². The smallest absolute Gasteiger partial charge is 0.281 e. The van der Waals surface area contributed by atoms with Crippen molar-refractivity contribution >= 4 is 23.2 Å². The van der Waals surface area contributed by atoms with Gasteiger partial charge < -0.3 is 14.6 Å². The van der Waals surface area contributed by atoms with Crippen LogP contribution in [0.4, 0.5) is 0 Å². The normalized spacial score (nSPS) is 11.5. The molecule has 0 saturated heterocycles. The molecule has 0 saturated carbocycles. The Bertz CT molecular complexity index is 1130. The van der Waals surface area contributed by atoms with E-state index < -0.39 is 0 Å². The van der Waals surface area contributed by atoms with Gasteiger partial charge >= 0.3 is 0 Å². The topological polar surface area (TPSA) is 85.6 Å². The quantitative estimate of drug-likeness (QED) is 0.505. The molecule has 0 spiro atoms. The molecule has 2 heterocycles. The molecule has 0 bridgehead atoms. The third-order valence-electron chi connectivity index (χ3n) is 5.05. The fourth-order valence-electron chi connectivity index (χ4n) is 3.28. The number of rotatable bonds is 9. The summed E-state index contributed by atoms with van der Waals surface area (Å²) < 4.78 is 6.88. The fraction of sp³-hybridized carbons (Fsp3) is 0.333. The van der Waals surface area contributed by atoms with Crippen molar-refractivity contribution < 1.29 is 14.3 Å². The van der Waals surface area contributed by atoms with E-state index >= 15 is 0 Å². The van der Waals surface area contributed by atoms with E-state index in [2.05, 4.69) is 46.5 Å². The molecular formula is C24H28N4O3S. The standard InChI is InChI=1S/C24H28N4O3S/c1-4-18-8-10-19(11-9-18)21-16-32-24(27-23(30)20-7-5-12-25-17(20)2)28(21)14-6-13-26-22(29)15-31-3/h5,7-12,16H,4,6,13-15H2,1-3H3,(H,26,29). The van der Waals surface area contributed by atoms with E-state index in [1.165, 1.54) is 24.0 Å². The van der Waals surface area contributed by atoms with Crippen molar-refractivity contribution in [2.75, 3.05) is 20.3 Å². The Hall–Kier alpha value is -3.10. The molecule has 2 amide bonds. The zero-order chi connectivity index (χ0) is 22.9. The van der Waals surface area contributed by atoms with E-state index in [0.29, 0.717) is 35.6 Å². The van der Waals surface area contributed by atoms with Crippen LogP contribution in [0.1, 0.15) is 35.0 Å². The van der Waals surface area contributed by atoms with Gasteiger partial charge in [-0.1, -0.05) is 31.2 Å². The van der Waals surface area contributed by atoms with Gasteiger partial charge in [0, 0.05) is 31.8 Å². The minimum Gasteiger partial charge on any atom is -0.375 e. The number of aromatic nitrogens is 2. The van der Waals surface area contributed by atoms with E-state index in [9.17, 15) is 9.59 Å². The van der Waals surface area contributed by atoms with Crippen LogP contribution in [0.15, 0.2) is 53.0 Å². The summed E-state index contributed by atoms with van der Waals surface area (Å²) in [5, 5.41) is 4.85. The number of hydrogen-bond donors (Lipinski definition) is 1. The molecular weight excluding hydrogens is 424 g/mol. The number of ether oxygens (including phenoxy) is 1. The van der Waals surface area contributed by atoms with Crippen molar-refractivity contribution in [2.45, 2.75) is 33.2 Å². The van der Waals surface area contributed by atoms with Crippen LogP contribution >= 0.6 is 11.3 Å². The summed E-state index contributed by atoms with van der Waals surface area (Å²) in [6, 6.07) is 11.9. The Kier molecular flexibility index (Phi) is 8.47. The number of methoxy groups -OCH3 is 1. The molecule has 0 aliphatic heterocycles. The number of aryl methyl sites for hydroxylation is 2. The van der Waals surface area contributed by atoms with Gasteiger partial charge in [0.25, 0.3) is 5.91 Å². The number of carbonyl (C=O) groups is 2. The first-order chi connectivity index (χ1) is 15.5. The Morgan fingerprint density at radius 1 is 1.22 bits per heavy atom. The van der Waals surface area contributed by atoms with E-state index in [-0.39, 0.29) is 18.4 Å². The SMILES string of the molecule is CCc1ccc(-c2csc(=NC(=O)c3cccnc3C)n2CCCNC(=O)COC)cc1. The predicted molar refractivity (Wildman–Crippen MR) is 125 cm³/mol. The summed E-state index contributed by atoms with van der Waals surface area (Å²) in [5.41, 5.74) is 4.47. The van der Waals surface area contributed by atoms with Crippen molar-refractivity contribution in [3.63, 3.8) is 0 Å². The van der Waals surface area contributed by atoms with Crippen LogP contribution in [-0.4, -0.2) is 41.6 Å². The molecule has 3 aromatic rings. The van der Waals surface area contributed by atoms with Gasteiger partial charge in [0.15, 0.2) is 4.80 Å². The maximum atomic E-state index is 12.8. The molecule has 7 nitrogen and oxygen atoms in total. The number of pyridine rings is 1. The maximum absolute atomic E-state index is 12.8. The Morgan fingerprint density at radius 2 is 2.00 bits per heavy atom. The Labute approximate surface area is 191 Å². The van der Waals surface area contributed by atoms with Crippen molar-refractivity contribution in [1.82, 2.24) is 14.9 Å². The van der Waals surface area contributed by atoms with Gasteiger partial charge in [-0.2, -0.15) is 4.99 Å². The predicted octanol–water partition coefficient (Wildman–Crippen LogP) is 3.38. The highest BCUT2D eigenvalue weighted by atomic mass is 32.1. The lowest BCUT2D eigenvalue weighted by Gasteiger charge is -2.10. The van der Waals surface area contributed by atoms with E-state index in [0.717, 1.165) is 17.7 Å². The average molecular weight is 453 g/mol. The largest absolute Gasteiger partial charge is 0.375 e. The fourth-order valence-corrected chi connectivity index (χ4v) is 4.21. The van der Waals surface area contributed by atoms with Crippen LogP contribution in [0.2, 0.25) is 0 Å². The van der Waals surface area contributed by atoms with Crippen LogP contribution in [0, 0.1) is 6.92 Å². The number of thiazole rings is 1. The molecule has 2 aromatic heterocycles. The molecule has 0 aliphatic carbocycles. The highest BCUT2D eigenvalue weighted by Gasteiger charge is 2.12. The summed E-state index contributed by atoms with van der Waals surface area (Å²) >= 11 is 1.43. The van der Waals surface area contributed by atoms with Gasteiger partial charge in [0.05, 0.1) is 17.0 Å². The molecule has 0 aliphatic rings. The van der Waals surface area contributed by atoms with E-state index in [1.807, 2.05) is 9.95 Å². The third-order valence-corrected chi connectivity index (χ3v) is 5.91. The number of hydrogen-bond acceptors (Lipinski definition) is 5. The van der Waals surface area contributed by atoms with Crippen molar-refractivity contribution in [1.29, 1.82) is 0 Å². The molecule has 0 fully saturated rings. The summed E-state index contributed by atoms with van der Waals surface area (Å²) in [5.74, 6) is -0.460. The lowest BCUT2D eigenvalue weighted by molar-refractivity contribution is -0.124. The van der Waals surface area contributed by atoms with E-state index in [1.54, 1.807) is 25.3 Å². The Morgan fingerprint density at radius 3 is 2.69 bits per heavy atom. The number of carbonyl (C=O) groups excluding carboxylic acids is 2. The molecule has 168 valence electrons. The molecule has 0 atom stereocenters. The molecule has 8 heteroatoms. The lowest BCUT2D eigenvalue weighted by atomic mass is 10.1. The number of nitrogens with zero attached hydrogens (tertiary/aromatic N) is 3. The van der Waals surface area contributed by atoms with Crippen LogP contribution in [0.3, 0.4) is 0 Å². The van der Waals surface area contributed by atoms with Crippen LogP contribution in [-0.2, 0) is 22.5 Å². The molecule has 32 heavy (non-hydrogen) atoms. The van der Waals surface area contributed by atoms with E-state index in [4.69, 9.17) is 4.74 Å². The highest BCUT2D eigenvalue weighted by Crippen LogP contribution is 2.21. The second kappa shape index (κ2) is 11.5. The summed E-state index contributed by atoms with van der Waals surface area (Å²) in [6.07, 6.45) is 3.33. The maximum Gasteiger partial charge on any atom is 0.281 e. The van der Waals surface area contributed by atoms with Gasteiger partial charge in [0.1, 0.15) is 6.61 Å². The van der Waals surface area contributed by atoms with Gasteiger partial charge in [0.2, 0.25) is 5.91 Å². The average Bonchev–Trinajstić information content (AvgIpc) is 3.19. The Balaban J connectivity index is 1.90. The molecule has 3 rings (SSSR count). The second-order valence-electron chi connectivity index (χ2n) is 7.30. The van der Waals surface area contributed by atoms with Crippen LogP contribution in [0.25, 0.3) is 11.3 Å². The minimum atomic E-state index is -0.313. The summed E-state index contributed by atoms with van der Waals surface area (Å²) in [4.78, 5) is 33.7. The zero-order valence-electron chi connectivity index (χ0n) is 18.6. The van der Waals surface area contributed by atoms with Gasteiger partial charge in [-0.05, 0) is 43.0 Å². The van der Waals surface area contributed by atoms with Crippen molar-refractivity contribution in [3.8, 4) is 11.3 Å². The zero-order valence-corrected chi connectivity index (χ0v) is 19.4. The monoisotopic (exact) mass is 452 g/mol. The number of amides is 2. The first kappa shape index (κ1) is 23.6. The van der Waals surface area contributed by atoms with Crippen molar-refractivity contribution in [2.24, 2.45) is 4.99 Å². The van der Waals surface area contributed by atoms with Crippen LogP contribution in [0.5, 0.6) is 0 Å². The second-order valence-corrected chi connectivity index (χ2v) is 8.13. The van der Waals surface area contributed by atoms with Gasteiger partial charge in [-0.25, -0.2) is 0 Å². The number of nitrogens with one attached hydrogen (secondary N) is 1. The van der Waals surface area contributed by atoms with Crippen molar-refractivity contribution in [3.05, 3.63) is 69.6 Å². The lowest BCUT2D eigenvalue weighted by Crippen LogP contribution is -2.29. The summed E-state index contributed by atoms with van der Waals surface area (Å²) in [7, 11) is 1.49. The molecule has 0 radical (unpaired) electrons. The number of benzene rings is 1. The summed E-state index contributed by atoms with van der Waals surface area (Å²) in [6.45, 7) is 5.09. The molecule has 1 N–H and O–H groups in total. The first-order valence-electron chi connectivity index (χ1n) is 10.6. The highest BCUT2D eigenvalue weighted by molar-refractivity contribution is 7.07.